The van der Waals surface area contributed by atoms with Crippen molar-refractivity contribution in [1.29, 1.82) is 0 Å². The Bertz CT molecular complexity index is 870. The van der Waals surface area contributed by atoms with Crippen LogP contribution in [0.2, 0.25) is 0 Å². The minimum atomic E-state index is -2.84. The molecule has 2 aromatic carbocycles. The number of piperidine rings is 1. The van der Waals surface area contributed by atoms with E-state index in [0.717, 1.165) is 43.5 Å². The molecular weight excluding hydrogens is 428 g/mol. The molecule has 178 valence electrons. The summed E-state index contributed by atoms with van der Waals surface area (Å²) in [5, 5.41) is 6.01. The van der Waals surface area contributed by atoms with Crippen molar-refractivity contribution in [2.24, 2.45) is 0 Å². The largest absolute Gasteiger partial charge is 0.435 e. The van der Waals surface area contributed by atoms with Gasteiger partial charge in [-0.15, -0.1) is 0 Å². The van der Waals surface area contributed by atoms with Gasteiger partial charge in [-0.05, 0) is 48.9 Å². The Morgan fingerprint density at radius 3 is 2.27 bits per heavy atom. The Hall–Kier alpha value is -3.00. The van der Waals surface area contributed by atoms with E-state index in [4.69, 9.17) is 0 Å². The molecule has 0 aromatic heterocycles. The normalized spacial score (nSPS) is 14.8. The fraction of sp³-hybridized carbons (Fsp3) is 0.440. The van der Waals surface area contributed by atoms with Gasteiger partial charge in [0.15, 0.2) is 0 Å². The molecule has 0 saturated carbocycles. The Kier molecular flexibility index (Phi) is 9.62. The van der Waals surface area contributed by atoms with E-state index in [0.29, 0.717) is 25.9 Å². The van der Waals surface area contributed by atoms with Gasteiger partial charge < -0.3 is 15.4 Å². The van der Waals surface area contributed by atoms with Crippen LogP contribution in [0.15, 0.2) is 54.6 Å². The molecular formula is C25H31F2N3O3. The van der Waals surface area contributed by atoms with Gasteiger partial charge in [0.1, 0.15) is 5.75 Å². The zero-order chi connectivity index (χ0) is 23.5. The summed E-state index contributed by atoms with van der Waals surface area (Å²) >= 11 is 0. The minimum Gasteiger partial charge on any atom is -0.435 e. The molecule has 3 rings (SSSR count). The van der Waals surface area contributed by atoms with Crippen molar-refractivity contribution in [2.45, 2.75) is 44.8 Å². The van der Waals surface area contributed by atoms with E-state index in [9.17, 15) is 18.4 Å². The lowest BCUT2D eigenvalue weighted by Crippen LogP contribution is -2.47. The SMILES string of the molecule is O=C(CN1CCC(NC(=O)CCc2ccccc2)CC1)NCCc1ccc(OC(F)F)cc1. The highest BCUT2D eigenvalue weighted by Gasteiger charge is 2.22. The van der Waals surface area contributed by atoms with E-state index in [1.807, 2.05) is 30.3 Å². The van der Waals surface area contributed by atoms with Crippen LogP contribution in [-0.2, 0) is 22.4 Å². The van der Waals surface area contributed by atoms with Crippen LogP contribution in [0.5, 0.6) is 5.75 Å². The van der Waals surface area contributed by atoms with Gasteiger partial charge in [0.05, 0.1) is 6.54 Å². The molecule has 1 fully saturated rings. The summed E-state index contributed by atoms with van der Waals surface area (Å²) in [5.41, 5.74) is 2.09. The maximum Gasteiger partial charge on any atom is 0.387 e. The predicted molar refractivity (Wildman–Crippen MR) is 122 cm³/mol. The second kappa shape index (κ2) is 12.9. The van der Waals surface area contributed by atoms with Crippen molar-refractivity contribution < 1.29 is 23.1 Å². The first-order valence-electron chi connectivity index (χ1n) is 11.3. The molecule has 2 N–H and O–H groups in total. The fourth-order valence-electron chi connectivity index (χ4n) is 3.88. The number of ether oxygens (including phenoxy) is 1. The predicted octanol–water partition coefficient (Wildman–Crippen LogP) is 3.16. The van der Waals surface area contributed by atoms with Gasteiger partial charge >= 0.3 is 6.61 Å². The van der Waals surface area contributed by atoms with Crippen LogP contribution in [0.3, 0.4) is 0 Å². The number of benzene rings is 2. The number of aryl methyl sites for hydroxylation is 1. The minimum absolute atomic E-state index is 0.0435. The molecule has 2 amide bonds. The van der Waals surface area contributed by atoms with E-state index in [-0.39, 0.29) is 23.6 Å². The first-order valence-corrected chi connectivity index (χ1v) is 11.3. The molecule has 0 radical (unpaired) electrons. The summed E-state index contributed by atoms with van der Waals surface area (Å²) in [5.74, 6) is 0.149. The number of hydrogen-bond donors (Lipinski definition) is 2. The average molecular weight is 460 g/mol. The Morgan fingerprint density at radius 2 is 1.61 bits per heavy atom. The maximum atomic E-state index is 12.2. The third-order valence-corrected chi connectivity index (χ3v) is 5.69. The molecule has 0 bridgehead atoms. The summed E-state index contributed by atoms with van der Waals surface area (Å²) in [6, 6.07) is 16.5. The van der Waals surface area contributed by atoms with Crippen molar-refractivity contribution in [2.75, 3.05) is 26.2 Å². The molecule has 6 nitrogen and oxygen atoms in total. The summed E-state index contributed by atoms with van der Waals surface area (Å²) in [7, 11) is 0. The number of alkyl halides is 2. The van der Waals surface area contributed by atoms with Crippen molar-refractivity contribution in [3.63, 3.8) is 0 Å². The highest BCUT2D eigenvalue weighted by atomic mass is 19.3. The quantitative estimate of drug-likeness (QED) is 0.542. The molecule has 1 aliphatic rings. The number of carbonyl (C=O) groups is 2. The number of halogens is 2. The number of likely N-dealkylation sites (tertiary alicyclic amines) is 1. The Balaban J connectivity index is 1.27. The second-order valence-corrected chi connectivity index (χ2v) is 8.23. The van der Waals surface area contributed by atoms with Crippen molar-refractivity contribution >= 4 is 11.8 Å². The molecule has 0 spiro atoms. The van der Waals surface area contributed by atoms with Gasteiger partial charge in [0.25, 0.3) is 0 Å². The summed E-state index contributed by atoms with van der Waals surface area (Å²) in [4.78, 5) is 26.5. The number of carbonyl (C=O) groups excluding carboxylic acids is 2. The van der Waals surface area contributed by atoms with Gasteiger partial charge in [-0.25, -0.2) is 0 Å². The number of amides is 2. The Labute approximate surface area is 193 Å². The molecule has 0 unspecified atom stereocenters. The van der Waals surface area contributed by atoms with Crippen LogP contribution in [-0.4, -0.2) is 55.5 Å². The average Bonchev–Trinajstić information content (AvgIpc) is 2.80. The number of nitrogens with zero attached hydrogens (tertiary/aromatic N) is 1. The lowest BCUT2D eigenvalue weighted by atomic mass is 10.0. The van der Waals surface area contributed by atoms with E-state index >= 15 is 0 Å². The third-order valence-electron chi connectivity index (χ3n) is 5.69. The van der Waals surface area contributed by atoms with Gasteiger partial charge in [-0.1, -0.05) is 42.5 Å². The van der Waals surface area contributed by atoms with E-state index in [2.05, 4.69) is 20.3 Å². The van der Waals surface area contributed by atoms with Gasteiger partial charge in [-0.2, -0.15) is 8.78 Å². The van der Waals surface area contributed by atoms with Crippen LogP contribution in [0.1, 0.15) is 30.4 Å². The summed E-state index contributed by atoms with van der Waals surface area (Å²) in [6.45, 7) is -0.501. The van der Waals surface area contributed by atoms with Gasteiger partial charge in [0.2, 0.25) is 11.8 Å². The topological polar surface area (TPSA) is 70.7 Å². The molecule has 8 heteroatoms. The van der Waals surface area contributed by atoms with Crippen molar-refractivity contribution in [3.05, 3.63) is 65.7 Å². The van der Waals surface area contributed by atoms with E-state index in [1.54, 1.807) is 12.1 Å². The van der Waals surface area contributed by atoms with Gasteiger partial charge in [0, 0.05) is 32.1 Å². The molecule has 33 heavy (non-hydrogen) atoms. The Morgan fingerprint density at radius 1 is 0.939 bits per heavy atom. The van der Waals surface area contributed by atoms with Crippen LogP contribution < -0.4 is 15.4 Å². The van der Waals surface area contributed by atoms with Gasteiger partial charge in [-0.3, -0.25) is 14.5 Å². The van der Waals surface area contributed by atoms with Crippen LogP contribution in [0, 0.1) is 0 Å². The zero-order valence-electron chi connectivity index (χ0n) is 18.6. The zero-order valence-corrected chi connectivity index (χ0v) is 18.6. The molecule has 0 aliphatic carbocycles. The highest BCUT2D eigenvalue weighted by Crippen LogP contribution is 2.15. The molecule has 1 aliphatic heterocycles. The van der Waals surface area contributed by atoms with E-state index in [1.165, 1.54) is 12.1 Å². The number of rotatable bonds is 11. The monoisotopic (exact) mass is 459 g/mol. The third kappa shape index (κ3) is 9.18. The van der Waals surface area contributed by atoms with Crippen LogP contribution in [0.25, 0.3) is 0 Å². The first-order chi connectivity index (χ1) is 16.0. The fourth-order valence-corrected chi connectivity index (χ4v) is 3.88. The van der Waals surface area contributed by atoms with Crippen LogP contribution in [0.4, 0.5) is 8.78 Å². The lowest BCUT2D eigenvalue weighted by Gasteiger charge is -2.31. The van der Waals surface area contributed by atoms with Crippen molar-refractivity contribution in [3.8, 4) is 5.75 Å². The highest BCUT2D eigenvalue weighted by molar-refractivity contribution is 5.78. The molecule has 1 saturated heterocycles. The summed E-state index contributed by atoms with van der Waals surface area (Å²) in [6.07, 6.45) is 3.49. The number of nitrogens with one attached hydrogen (secondary N) is 2. The number of hydrogen-bond acceptors (Lipinski definition) is 4. The van der Waals surface area contributed by atoms with E-state index < -0.39 is 6.61 Å². The standard InChI is InChI=1S/C25H31F2N3O3/c26-25(27)33-22-9-6-20(7-10-22)12-15-28-24(32)18-30-16-13-21(14-17-30)29-23(31)11-8-19-4-2-1-3-5-19/h1-7,9-10,21,25H,8,11-18H2,(H,28,32)(H,29,31). The second-order valence-electron chi connectivity index (χ2n) is 8.23. The molecule has 0 atom stereocenters. The first kappa shape index (κ1) is 24.6. The molecule has 2 aromatic rings. The molecule has 1 heterocycles. The van der Waals surface area contributed by atoms with Crippen molar-refractivity contribution in [1.82, 2.24) is 15.5 Å². The summed E-state index contributed by atoms with van der Waals surface area (Å²) < 4.78 is 28.7. The smallest absolute Gasteiger partial charge is 0.387 e. The lowest BCUT2D eigenvalue weighted by molar-refractivity contribution is -0.124. The van der Waals surface area contributed by atoms with Crippen LogP contribution >= 0.6 is 0 Å². The maximum absolute atomic E-state index is 12.2.